The summed E-state index contributed by atoms with van der Waals surface area (Å²) in [7, 11) is 0. The van der Waals surface area contributed by atoms with Crippen LogP contribution in [0.2, 0.25) is 0 Å². The molecule has 0 aliphatic carbocycles. The van der Waals surface area contributed by atoms with Gasteiger partial charge in [0, 0.05) is 12.8 Å². The summed E-state index contributed by atoms with van der Waals surface area (Å²) in [6.07, 6.45) is 16.9. The van der Waals surface area contributed by atoms with Crippen molar-refractivity contribution in [3.05, 3.63) is 12.2 Å². The van der Waals surface area contributed by atoms with Crippen molar-refractivity contribution in [2.75, 3.05) is 0 Å². The monoisotopic (exact) mass is 354 g/mol. The van der Waals surface area contributed by atoms with Crippen molar-refractivity contribution < 1.29 is 19.4 Å². The molecular weight excluding hydrogens is 316 g/mol. The van der Waals surface area contributed by atoms with Crippen LogP contribution >= 0.6 is 0 Å². The minimum atomic E-state index is -0.728. The number of aliphatic carboxylic acids is 1. The van der Waals surface area contributed by atoms with Gasteiger partial charge in [-0.15, -0.1) is 0 Å². The predicted molar refractivity (Wildman–Crippen MR) is 103 cm³/mol. The van der Waals surface area contributed by atoms with Crippen LogP contribution in [0.3, 0.4) is 0 Å². The van der Waals surface area contributed by atoms with E-state index in [1.165, 1.54) is 19.3 Å². The van der Waals surface area contributed by atoms with Crippen molar-refractivity contribution in [1.29, 1.82) is 0 Å². The molecule has 0 amide bonds. The van der Waals surface area contributed by atoms with Crippen molar-refractivity contribution in [3.63, 3.8) is 0 Å². The fraction of sp³-hybridized carbons (Fsp3) is 0.810. The maximum atomic E-state index is 12.0. The van der Waals surface area contributed by atoms with E-state index in [2.05, 4.69) is 19.9 Å². The quantitative estimate of drug-likeness (QED) is 0.196. The van der Waals surface area contributed by atoms with Crippen LogP contribution in [0.4, 0.5) is 0 Å². The van der Waals surface area contributed by atoms with Gasteiger partial charge in [0.05, 0.1) is 0 Å². The van der Waals surface area contributed by atoms with Crippen molar-refractivity contribution in [3.8, 4) is 0 Å². The second kappa shape index (κ2) is 17.5. The number of carboxylic acid groups (broad SMARTS) is 1. The van der Waals surface area contributed by atoms with Crippen LogP contribution in [0.25, 0.3) is 0 Å². The van der Waals surface area contributed by atoms with Crippen molar-refractivity contribution in [2.45, 2.75) is 110 Å². The molecule has 0 rings (SSSR count). The molecule has 4 heteroatoms. The van der Waals surface area contributed by atoms with Crippen LogP contribution < -0.4 is 0 Å². The fourth-order valence-corrected chi connectivity index (χ4v) is 2.69. The van der Waals surface area contributed by atoms with Gasteiger partial charge in [-0.05, 0) is 38.2 Å². The zero-order valence-corrected chi connectivity index (χ0v) is 16.3. The van der Waals surface area contributed by atoms with Crippen molar-refractivity contribution in [1.82, 2.24) is 0 Å². The molecule has 0 saturated heterocycles. The third-order valence-corrected chi connectivity index (χ3v) is 4.20. The number of carbonyl (C=O) groups excluding carboxylic acids is 1. The molecule has 0 heterocycles. The van der Waals surface area contributed by atoms with Gasteiger partial charge in [-0.25, -0.2) is 0 Å². The number of rotatable bonds is 17. The Morgan fingerprint density at radius 3 is 2.16 bits per heavy atom. The summed E-state index contributed by atoms with van der Waals surface area (Å²) in [5.41, 5.74) is 0. The molecule has 146 valence electrons. The van der Waals surface area contributed by atoms with Gasteiger partial charge in [0.2, 0.25) is 0 Å². The summed E-state index contributed by atoms with van der Waals surface area (Å²) < 4.78 is 5.63. The van der Waals surface area contributed by atoms with E-state index in [-0.39, 0.29) is 18.5 Å². The smallest absolute Gasteiger partial charge is 0.306 e. The Balaban J connectivity index is 4.02. The first-order chi connectivity index (χ1) is 12.1. The number of esters is 1. The molecular formula is C21H38O4. The van der Waals surface area contributed by atoms with E-state index < -0.39 is 5.97 Å². The van der Waals surface area contributed by atoms with Gasteiger partial charge in [-0.3, -0.25) is 9.59 Å². The number of unbranched alkanes of at least 4 members (excludes halogenated alkanes) is 8. The number of carbonyl (C=O) groups is 2. The van der Waals surface area contributed by atoms with Gasteiger partial charge in [0.15, 0.2) is 0 Å². The third kappa shape index (κ3) is 17.3. The Bertz CT molecular complexity index is 363. The second-order valence-electron chi connectivity index (χ2n) is 6.76. The van der Waals surface area contributed by atoms with Crippen LogP contribution in [0.5, 0.6) is 0 Å². The van der Waals surface area contributed by atoms with Crippen molar-refractivity contribution >= 4 is 11.9 Å². The molecule has 0 aromatic rings. The SMILES string of the molecule is CCC/C=C\C(CCCCCCC(=O)O)OC(=O)CCCCCCC. The second-order valence-corrected chi connectivity index (χ2v) is 6.76. The maximum absolute atomic E-state index is 12.0. The van der Waals surface area contributed by atoms with Crippen LogP contribution in [0, 0.1) is 0 Å². The van der Waals surface area contributed by atoms with Crippen LogP contribution in [0.1, 0.15) is 104 Å². The predicted octanol–water partition coefficient (Wildman–Crippen LogP) is 6.04. The average molecular weight is 355 g/mol. The summed E-state index contributed by atoms with van der Waals surface area (Å²) in [4.78, 5) is 22.5. The normalized spacial score (nSPS) is 12.4. The molecule has 0 aliphatic rings. The van der Waals surface area contributed by atoms with Gasteiger partial charge < -0.3 is 9.84 Å². The van der Waals surface area contributed by atoms with E-state index in [1.54, 1.807) is 0 Å². The highest BCUT2D eigenvalue weighted by Crippen LogP contribution is 2.13. The highest BCUT2D eigenvalue weighted by Gasteiger charge is 2.11. The fourth-order valence-electron chi connectivity index (χ4n) is 2.69. The summed E-state index contributed by atoms with van der Waals surface area (Å²) in [5, 5.41) is 8.63. The Morgan fingerprint density at radius 2 is 1.52 bits per heavy atom. The lowest BCUT2D eigenvalue weighted by atomic mass is 10.1. The minimum Gasteiger partial charge on any atom is -0.481 e. The van der Waals surface area contributed by atoms with E-state index in [4.69, 9.17) is 9.84 Å². The Kier molecular flexibility index (Phi) is 16.6. The van der Waals surface area contributed by atoms with Gasteiger partial charge in [-0.1, -0.05) is 64.9 Å². The number of hydrogen-bond acceptors (Lipinski definition) is 3. The summed E-state index contributed by atoms with van der Waals surface area (Å²) in [6.45, 7) is 4.31. The first-order valence-corrected chi connectivity index (χ1v) is 10.2. The van der Waals surface area contributed by atoms with Gasteiger partial charge >= 0.3 is 11.9 Å². The summed E-state index contributed by atoms with van der Waals surface area (Å²) in [6, 6.07) is 0. The van der Waals surface area contributed by atoms with E-state index in [1.807, 2.05) is 6.08 Å². The van der Waals surface area contributed by atoms with Crippen LogP contribution in [0.15, 0.2) is 12.2 Å². The van der Waals surface area contributed by atoms with E-state index >= 15 is 0 Å². The Morgan fingerprint density at radius 1 is 0.880 bits per heavy atom. The lowest BCUT2D eigenvalue weighted by molar-refractivity contribution is -0.147. The lowest BCUT2D eigenvalue weighted by Crippen LogP contribution is -2.16. The minimum absolute atomic E-state index is 0.0893. The molecule has 0 aliphatic heterocycles. The Labute approximate surface area is 154 Å². The standard InChI is InChI=1S/C21H38O4/c1-3-5-7-8-14-18-21(24)25-19(15-11-6-4-2)16-12-9-10-13-17-20(22)23/h11,15,19H,3-10,12-14,16-18H2,1-2H3,(H,22,23)/b15-11-. The van der Waals surface area contributed by atoms with Crippen molar-refractivity contribution in [2.24, 2.45) is 0 Å². The first-order valence-electron chi connectivity index (χ1n) is 10.2. The summed E-state index contributed by atoms with van der Waals surface area (Å²) in [5.74, 6) is -0.818. The molecule has 0 fully saturated rings. The molecule has 0 aromatic carbocycles. The number of carboxylic acids is 1. The van der Waals surface area contributed by atoms with Crippen LogP contribution in [-0.2, 0) is 14.3 Å². The largest absolute Gasteiger partial charge is 0.481 e. The molecule has 0 saturated carbocycles. The average Bonchev–Trinajstić information content (AvgIpc) is 2.57. The molecule has 1 atom stereocenters. The third-order valence-electron chi connectivity index (χ3n) is 4.20. The molecule has 0 bridgehead atoms. The number of hydrogen-bond donors (Lipinski definition) is 1. The maximum Gasteiger partial charge on any atom is 0.306 e. The molecule has 1 N–H and O–H groups in total. The molecule has 1 unspecified atom stereocenters. The van der Waals surface area contributed by atoms with E-state index in [0.717, 1.165) is 57.8 Å². The van der Waals surface area contributed by atoms with Gasteiger partial charge in [0.1, 0.15) is 6.10 Å². The molecule has 0 spiro atoms. The molecule has 0 aromatic heterocycles. The highest BCUT2D eigenvalue weighted by atomic mass is 16.5. The first kappa shape index (κ1) is 23.7. The van der Waals surface area contributed by atoms with E-state index in [9.17, 15) is 9.59 Å². The van der Waals surface area contributed by atoms with Gasteiger partial charge in [-0.2, -0.15) is 0 Å². The highest BCUT2D eigenvalue weighted by molar-refractivity contribution is 5.69. The lowest BCUT2D eigenvalue weighted by Gasteiger charge is -2.14. The molecule has 25 heavy (non-hydrogen) atoms. The topological polar surface area (TPSA) is 63.6 Å². The number of ether oxygens (including phenoxy) is 1. The summed E-state index contributed by atoms with van der Waals surface area (Å²) >= 11 is 0. The number of allylic oxidation sites excluding steroid dienone is 1. The van der Waals surface area contributed by atoms with Crippen LogP contribution in [-0.4, -0.2) is 23.1 Å². The zero-order valence-electron chi connectivity index (χ0n) is 16.3. The van der Waals surface area contributed by atoms with Gasteiger partial charge in [0.25, 0.3) is 0 Å². The molecule has 4 nitrogen and oxygen atoms in total. The van der Waals surface area contributed by atoms with E-state index in [0.29, 0.717) is 6.42 Å². The molecule has 0 radical (unpaired) electrons. The zero-order chi connectivity index (χ0) is 18.8. The Hall–Kier alpha value is -1.32.